The molecule has 0 saturated heterocycles. The zero-order valence-corrected chi connectivity index (χ0v) is 10.2. The van der Waals surface area contributed by atoms with E-state index >= 15 is 0 Å². The zero-order chi connectivity index (χ0) is 15.0. The molecule has 0 aliphatic rings. The van der Waals surface area contributed by atoms with Gasteiger partial charge in [-0.15, -0.1) is 0 Å². The van der Waals surface area contributed by atoms with Crippen molar-refractivity contribution in [3.63, 3.8) is 0 Å². The standard InChI is InChI=1S/C13H4ClF5O/c14-6-3-1-2-5(4-6)13(20)7-8(15)10(17)12(19)11(18)9(7)16/h1-4H. The molecule has 7 heteroatoms. The van der Waals surface area contributed by atoms with Gasteiger partial charge in [0, 0.05) is 10.6 Å². The minimum Gasteiger partial charge on any atom is -0.288 e. The normalized spacial score (nSPS) is 10.7. The SMILES string of the molecule is O=C(c1cccc(Cl)c1)c1c(F)c(F)c(F)c(F)c1F. The van der Waals surface area contributed by atoms with Gasteiger partial charge >= 0.3 is 0 Å². The van der Waals surface area contributed by atoms with Crippen molar-refractivity contribution in [2.24, 2.45) is 0 Å². The summed E-state index contributed by atoms with van der Waals surface area (Å²) in [5.74, 6) is -12.4. The first-order valence-electron chi connectivity index (χ1n) is 5.16. The fourth-order valence-corrected chi connectivity index (χ4v) is 1.77. The summed E-state index contributed by atoms with van der Waals surface area (Å²) in [6, 6.07) is 4.90. The van der Waals surface area contributed by atoms with Crippen molar-refractivity contribution in [1.82, 2.24) is 0 Å². The number of rotatable bonds is 2. The average Bonchev–Trinajstić information content (AvgIpc) is 2.43. The summed E-state index contributed by atoms with van der Waals surface area (Å²) in [6.07, 6.45) is 0. The Bertz CT molecular complexity index is 685. The molecule has 2 rings (SSSR count). The average molecular weight is 307 g/mol. The van der Waals surface area contributed by atoms with E-state index in [9.17, 15) is 26.7 Å². The molecule has 0 aliphatic carbocycles. The maximum atomic E-state index is 13.5. The first-order chi connectivity index (χ1) is 9.34. The summed E-state index contributed by atoms with van der Waals surface area (Å²) in [4.78, 5) is 11.9. The highest BCUT2D eigenvalue weighted by atomic mass is 35.5. The van der Waals surface area contributed by atoms with Gasteiger partial charge in [0.15, 0.2) is 29.1 Å². The fourth-order valence-electron chi connectivity index (χ4n) is 1.58. The van der Waals surface area contributed by atoms with Crippen LogP contribution in [0.3, 0.4) is 0 Å². The van der Waals surface area contributed by atoms with E-state index in [-0.39, 0.29) is 10.6 Å². The minimum atomic E-state index is -2.32. The molecule has 0 saturated carbocycles. The molecule has 0 aliphatic heterocycles. The van der Waals surface area contributed by atoms with Crippen LogP contribution in [0, 0.1) is 29.1 Å². The molecule has 0 unspecified atom stereocenters. The number of ketones is 1. The third kappa shape index (κ3) is 2.27. The van der Waals surface area contributed by atoms with Crippen LogP contribution in [0.25, 0.3) is 0 Å². The Hall–Kier alpha value is -1.95. The Morgan fingerprint density at radius 1 is 0.850 bits per heavy atom. The Morgan fingerprint density at radius 2 is 1.35 bits per heavy atom. The minimum absolute atomic E-state index is 0.0831. The van der Waals surface area contributed by atoms with Gasteiger partial charge in [0.1, 0.15) is 5.56 Å². The van der Waals surface area contributed by atoms with E-state index in [1.807, 2.05) is 0 Å². The monoisotopic (exact) mass is 306 g/mol. The lowest BCUT2D eigenvalue weighted by Crippen LogP contribution is -2.13. The van der Waals surface area contributed by atoms with E-state index in [0.717, 1.165) is 12.1 Å². The first-order valence-corrected chi connectivity index (χ1v) is 5.54. The second-order valence-corrected chi connectivity index (χ2v) is 4.22. The predicted octanol–water partition coefficient (Wildman–Crippen LogP) is 4.27. The number of hydrogen-bond donors (Lipinski definition) is 0. The van der Waals surface area contributed by atoms with E-state index in [0.29, 0.717) is 0 Å². The first kappa shape index (κ1) is 14.5. The molecule has 0 N–H and O–H groups in total. The molecule has 2 aromatic carbocycles. The van der Waals surface area contributed by atoms with Crippen LogP contribution in [0.2, 0.25) is 5.02 Å². The third-order valence-electron chi connectivity index (χ3n) is 2.52. The fraction of sp³-hybridized carbons (Fsp3) is 0. The molecule has 0 amide bonds. The van der Waals surface area contributed by atoms with E-state index < -0.39 is 40.4 Å². The molecular weight excluding hydrogens is 303 g/mol. The van der Waals surface area contributed by atoms with Gasteiger partial charge in [0.2, 0.25) is 5.82 Å². The van der Waals surface area contributed by atoms with Gasteiger partial charge in [0.05, 0.1) is 0 Å². The molecule has 0 spiro atoms. The predicted molar refractivity (Wildman–Crippen MR) is 61.1 cm³/mol. The third-order valence-corrected chi connectivity index (χ3v) is 2.76. The van der Waals surface area contributed by atoms with Crippen LogP contribution in [-0.4, -0.2) is 5.78 Å². The quantitative estimate of drug-likeness (QED) is 0.350. The molecule has 0 fully saturated rings. The Balaban J connectivity index is 2.67. The molecular formula is C13H4ClF5O. The van der Waals surface area contributed by atoms with Gasteiger partial charge in [-0.2, -0.15) is 0 Å². The largest absolute Gasteiger partial charge is 0.288 e. The topological polar surface area (TPSA) is 17.1 Å². The van der Waals surface area contributed by atoms with Gasteiger partial charge in [-0.3, -0.25) is 4.79 Å². The second kappa shape index (κ2) is 5.20. The number of hydrogen-bond acceptors (Lipinski definition) is 1. The lowest BCUT2D eigenvalue weighted by atomic mass is 10.0. The van der Waals surface area contributed by atoms with Crippen LogP contribution in [0.4, 0.5) is 22.0 Å². The summed E-state index contributed by atoms with van der Waals surface area (Å²) < 4.78 is 65.8. The molecule has 0 heterocycles. The number of carbonyl (C=O) groups excluding carboxylic acids is 1. The number of halogens is 6. The van der Waals surface area contributed by atoms with Crippen LogP contribution in [0.15, 0.2) is 24.3 Å². The lowest BCUT2D eigenvalue weighted by Gasteiger charge is -2.07. The van der Waals surface area contributed by atoms with Crippen molar-refractivity contribution in [3.8, 4) is 0 Å². The molecule has 0 bridgehead atoms. The van der Waals surface area contributed by atoms with E-state index in [2.05, 4.69) is 0 Å². The van der Waals surface area contributed by atoms with Crippen LogP contribution in [0.1, 0.15) is 15.9 Å². The summed E-state index contributed by atoms with van der Waals surface area (Å²) in [5, 5.41) is 0.0831. The summed E-state index contributed by atoms with van der Waals surface area (Å²) >= 11 is 5.60. The van der Waals surface area contributed by atoms with E-state index in [1.54, 1.807) is 0 Å². The molecule has 0 radical (unpaired) electrons. The number of carbonyl (C=O) groups is 1. The van der Waals surface area contributed by atoms with E-state index in [4.69, 9.17) is 11.6 Å². The van der Waals surface area contributed by atoms with Crippen molar-refractivity contribution >= 4 is 17.4 Å². The lowest BCUT2D eigenvalue weighted by molar-refractivity contribution is 0.102. The summed E-state index contributed by atoms with van der Waals surface area (Å²) in [6.45, 7) is 0. The highest BCUT2D eigenvalue weighted by Gasteiger charge is 2.30. The molecule has 2 aromatic rings. The highest BCUT2D eigenvalue weighted by molar-refractivity contribution is 6.31. The van der Waals surface area contributed by atoms with Gasteiger partial charge in [0.25, 0.3) is 0 Å². The summed E-state index contributed by atoms with van der Waals surface area (Å²) in [7, 11) is 0. The Kier molecular flexibility index (Phi) is 3.76. The van der Waals surface area contributed by atoms with Crippen molar-refractivity contribution < 1.29 is 26.7 Å². The van der Waals surface area contributed by atoms with Crippen LogP contribution < -0.4 is 0 Å². The van der Waals surface area contributed by atoms with Gasteiger partial charge in [-0.05, 0) is 12.1 Å². The molecule has 1 nitrogen and oxygen atoms in total. The van der Waals surface area contributed by atoms with Crippen molar-refractivity contribution in [2.75, 3.05) is 0 Å². The number of benzene rings is 2. The van der Waals surface area contributed by atoms with Gasteiger partial charge < -0.3 is 0 Å². The van der Waals surface area contributed by atoms with Crippen LogP contribution >= 0.6 is 11.6 Å². The van der Waals surface area contributed by atoms with Crippen LogP contribution in [-0.2, 0) is 0 Å². The second-order valence-electron chi connectivity index (χ2n) is 3.78. The molecule has 104 valence electrons. The van der Waals surface area contributed by atoms with E-state index in [1.165, 1.54) is 12.1 Å². The zero-order valence-electron chi connectivity index (χ0n) is 9.49. The Labute approximate surface area is 114 Å². The molecule has 0 aromatic heterocycles. The van der Waals surface area contributed by atoms with Gasteiger partial charge in [-0.25, -0.2) is 22.0 Å². The molecule has 0 atom stereocenters. The maximum absolute atomic E-state index is 13.5. The summed E-state index contributed by atoms with van der Waals surface area (Å²) in [5.41, 5.74) is -1.80. The van der Waals surface area contributed by atoms with Crippen LogP contribution in [0.5, 0.6) is 0 Å². The molecule has 20 heavy (non-hydrogen) atoms. The van der Waals surface area contributed by atoms with Crippen molar-refractivity contribution in [3.05, 3.63) is 69.5 Å². The highest BCUT2D eigenvalue weighted by Crippen LogP contribution is 2.25. The maximum Gasteiger partial charge on any atom is 0.200 e. The Morgan fingerprint density at radius 3 is 1.85 bits per heavy atom. The smallest absolute Gasteiger partial charge is 0.200 e. The van der Waals surface area contributed by atoms with Crippen molar-refractivity contribution in [1.29, 1.82) is 0 Å². The van der Waals surface area contributed by atoms with Gasteiger partial charge in [-0.1, -0.05) is 23.7 Å². The van der Waals surface area contributed by atoms with Crippen molar-refractivity contribution in [2.45, 2.75) is 0 Å².